The Balaban J connectivity index is 3.49. The highest BCUT2D eigenvalue weighted by atomic mass is 31.2. The van der Waals surface area contributed by atoms with Gasteiger partial charge in [-0.1, -0.05) is 70.4 Å². The maximum absolute atomic E-state index is 12.7. The Hall–Kier alpha value is -0.750. The Morgan fingerprint density at radius 3 is 1.97 bits per heavy atom. The molecular weight excluding hydrogens is 398 g/mol. The molecular formula is C21H40FO6P. The molecule has 0 heterocycles. The number of halogens is 1. The van der Waals surface area contributed by atoms with Crippen LogP contribution in [0.1, 0.15) is 96.8 Å². The molecule has 172 valence electrons. The second kappa shape index (κ2) is 19.2. The quantitative estimate of drug-likeness (QED) is 0.105. The molecule has 0 aliphatic carbocycles. The van der Waals surface area contributed by atoms with Crippen molar-refractivity contribution in [2.24, 2.45) is 0 Å². The largest absolute Gasteiger partial charge is 0.469 e. The van der Waals surface area contributed by atoms with Crippen LogP contribution in [-0.4, -0.2) is 35.1 Å². The zero-order valence-corrected chi connectivity index (χ0v) is 18.8. The molecule has 0 fully saturated rings. The first kappa shape index (κ1) is 28.2. The van der Waals surface area contributed by atoms with Gasteiger partial charge >= 0.3 is 13.8 Å². The van der Waals surface area contributed by atoms with Gasteiger partial charge in [-0.3, -0.25) is 9.32 Å². The lowest BCUT2D eigenvalue weighted by Gasteiger charge is -2.15. The highest BCUT2D eigenvalue weighted by Gasteiger charge is 2.21. The maximum Gasteiger partial charge on any atom is 0.469 e. The van der Waals surface area contributed by atoms with Crippen LogP contribution in [-0.2, 0) is 18.6 Å². The molecule has 0 radical (unpaired) electrons. The number of unbranched alkanes of at least 4 members (excludes halogenated alkanes) is 11. The van der Waals surface area contributed by atoms with Crippen molar-refractivity contribution < 1.29 is 32.8 Å². The third-order valence-corrected chi connectivity index (χ3v) is 5.03. The molecule has 2 N–H and O–H groups in total. The summed E-state index contributed by atoms with van der Waals surface area (Å²) in [6, 6.07) is 0. The number of esters is 1. The molecule has 0 aliphatic rings. The molecule has 0 aromatic rings. The third-order valence-electron chi connectivity index (χ3n) is 4.54. The van der Waals surface area contributed by atoms with Crippen LogP contribution in [0.15, 0.2) is 12.2 Å². The van der Waals surface area contributed by atoms with Crippen molar-refractivity contribution >= 4 is 13.8 Å². The van der Waals surface area contributed by atoms with Crippen molar-refractivity contribution in [1.29, 1.82) is 0 Å². The average Bonchev–Trinajstić information content (AvgIpc) is 2.67. The van der Waals surface area contributed by atoms with Crippen LogP contribution in [0.25, 0.3) is 0 Å². The molecule has 0 aromatic heterocycles. The minimum atomic E-state index is -4.69. The molecule has 0 saturated heterocycles. The van der Waals surface area contributed by atoms with Gasteiger partial charge in [0.1, 0.15) is 6.67 Å². The standard InChI is InChI=1S/C21H40FO6P/c1-2-3-4-5-6-7-8-9-10-11-12-13-14-15-16-17-21(23)28-20(18-22)19-27-29(24,25)26/h9-10,20H,2-8,11-19H2,1H3,(H2,24,25,26)/b10-9-/t20-/m0/s1. The van der Waals surface area contributed by atoms with E-state index >= 15 is 0 Å². The predicted molar refractivity (Wildman–Crippen MR) is 113 cm³/mol. The zero-order chi connectivity index (χ0) is 21.8. The van der Waals surface area contributed by atoms with Crippen molar-refractivity contribution in [1.82, 2.24) is 0 Å². The molecule has 0 bridgehead atoms. The SMILES string of the molecule is CCCCCCCC/C=C\CCCCCCCC(=O)O[C@@H](CF)COP(=O)(O)O. The summed E-state index contributed by atoms with van der Waals surface area (Å²) in [5.41, 5.74) is 0. The third kappa shape index (κ3) is 21.8. The van der Waals surface area contributed by atoms with E-state index in [1.54, 1.807) is 0 Å². The van der Waals surface area contributed by atoms with Crippen LogP contribution < -0.4 is 0 Å². The number of carbonyl (C=O) groups excluding carboxylic acids is 1. The second-order valence-corrected chi connectivity index (χ2v) is 8.63. The minimum absolute atomic E-state index is 0.171. The molecule has 0 aromatic carbocycles. The van der Waals surface area contributed by atoms with Crippen LogP contribution in [0.5, 0.6) is 0 Å². The van der Waals surface area contributed by atoms with Crippen molar-refractivity contribution in [3.05, 3.63) is 12.2 Å². The lowest BCUT2D eigenvalue weighted by Crippen LogP contribution is -2.25. The van der Waals surface area contributed by atoms with Crippen molar-refractivity contribution in [3.63, 3.8) is 0 Å². The van der Waals surface area contributed by atoms with Crippen molar-refractivity contribution in [2.45, 2.75) is 103 Å². The van der Waals surface area contributed by atoms with Crippen LogP contribution in [0.3, 0.4) is 0 Å². The van der Waals surface area contributed by atoms with E-state index in [2.05, 4.69) is 23.6 Å². The smallest absolute Gasteiger partial charge is 0.457 e. The van der Waals surface area contributed by atoms with E-state index in [-0.39, 0.29) is 6.42 Å². The van der Waals surface area contributed by atoms with E-state index in [1.165, 1.54) is 44.9 Å². The summed E-state index contributed by atoms with van der Waals surface area (Å²) in [6.07, 6.45) is 18.5. The molecule has 0 amide bonds. The number of ether oxygens (including phenoxy) is 1. The van der Waals surface area contributed by atoms with E-state index in [9.17, 15) is 13.8 Å². The maximum atomic E-state index is 12.7. The fourth-order valence-corrected chi connectivity index (χ4v) is 3.24. The zero-order valence-electron chi connectivity index (χ0n) is 17.9. The van der Waals surface area contributed by atoms with Gasteiger partial charge in [0.2, 0.25) is 0 Å². The minimum Gasteiger partial charge on any atom is -0.457 e. The molecule has 29 heavy (non-hydrogen) atoms. The highest BCUT2D eigenvalue weighted by Crippen LogP contribution is 2.35. The van der Waals surface area contributed by atoms with E-state index in [0.29, 0.717) is 6.42 Å². The number of carbonyl (C=O) groups is 1. The summed E-state index contributed by atoms with van der Waals surface area (Å²) in [4.78, 5) is 28.8. The number of phosphoric ester groups is 1. The van der Waals surface area contributed by atoms with Gasteiger partial charge in [-0.25, -0.2) is 8.96 Å². The summed E-state index contributed by atoms with van der Waals surface area (Å²) < 4.78 is 32.3. The number of alkyl halides is 1. The van der Waals surface area contributed by atoms with Gasteiger partial charge in [-0.2, -0.15) is 0 Å². The number of allylic oxidation sites excluding steroid dienone is 2. The second-order valence-electron chi connectivity index (χ2n) is 7.39. The molecule has 6 nitrogen and oxygen atoms in total. The molecule has 0 saturated carbocycles. The van der Waals surface area contributed by atoms with Gasteiger partial charge in [0.15, 0.2) is 6.10 Å². The first-order valence-electron chi connectivity index (χ1n) is 11.0. The first-order valence-corrected chi connectivity index (χ1v) is 12.5. The van der Waals surface area contributed by atoms with E-state index in [0.717, 1.165) is 32.1 Å². The van der Waals surface area contributed by atoms with Crippen molar-refractivity contribution in [2.75, 3.05) is 13.3 Å². The van der Waals surface area contributed by atoms with Gasteiger partial charge in [0.05, 0.1) is 6.61 Å². The average molecular weight is 439 g/mol. The summed E-state index contributed by atoms with van der Waals surface area (Å²) in [5.74, 6) is -0.570. The Morgan fingerprint density at radius 1 is 0.931 bits per heavy atom. The first-order chi connectivity index (χ1) is 13.9. The fourth-order valence-electron chi connectivity index (χ4n) is 2.88. The lowest BCUT2D eigenvalue weighted by molar-refractivity contribution is -0.152. The molecule has 0 unspecified atom stereocenters. The van der Waals surface area contributed by atoms with Crippen LogP contribution in [0, 0.1) is 0 Å². The number of hydrogen-bond donors (Lipinski definition) is 2. The molecule has 1 atom stereocenters. The Kier molecular flexibility index (Phi) is 18.7. The summed E-state index contributed by atoms with van der Waals surface area (Å²) in [5, 5.41) is 0. The number of hydrogen-bond acceptors (Lipinski definition) is 4. The Morgan fingerprint density at radius 2 is 1.45 bits per heavy atom. The molecule has 0 rings (SSSR count). The molecule has 0 spiro atoms. The van der Waals surface area contributed by atoms with Gasteiger partial charge in [-0.05, 0) is 32.1 Å². The van der Waals surface area contributed by atoms with Gasteiger partial charge in [0.25, 0.3) is 0 Å². The fraction of sp³-hybridized carbons (Fsp3) is 0.857. The summed E-state index contributed by atoms with van der Waals surface area (Å²) >= 11 is 0. The van der Waals surface area contributed by atoms with Gasteiger partial charge in [0, 0.05) is 6.42 Å². The van der Waals surface area contributed by atoms with Gasteiger partial charge < -0.3 is 14.5 Å². The summed E-state index contributed by atoms with van der Waals surface area (Å²) in [6.45, 7) is 0.536. The molecule has 8 heteroatoms. The number of rotatable bonds is 20. The Bertz CT molecular complexity index is 466. The topological polar surface area (TPSA) is 93.1 Å². The normalized spacial score (nSPS) is 13.1. The lowest BCUT2D eigenvalue weighted by atomic mass is 10.1. The Labute approximate surface area is 175 Å². The summed E-state index contributed by atoms with van der Waals surface area (Å²) in [7, 11) is -4.69. The van der Waals surface area contributed by atoms with Crippen LogP contribution in [0.4, 0.5) is 4.39 Å². The highest BCUT2D eigenvalue weighted by molar-refractivity contribution is 7.46. The van der Waals surface area contributed by atoms with E-state index in [1.807, 2.05) is 0 Å². The van der Waals surface area contributed by atoms with Gasteiger partial charge in [-0.15, -0.1) is 0 Å². The van der Waals surface area contributed by atoms with E-state index in [4.69, 9.17) is 14.5 Å². The van der Waals surface area contributed by atoms with Crippen LogP contribution in [0.2, 0.25) is 0 Å². The monoisotopic (exact) mass is 438 g/mol. The molecule has 0 aliphatic heterocycles. The number of phosphoric acid groups is 1. The predicted octanol–water partition coefficient (Wildman–Crippen LogP) is 6.01. The van der Waals surface area contributed by atoms with E-state index < -0.39 is 33.2 Å². The van der Waals surface area contributed by atoms with Crippen molar-refractivity contribution in [3.8, 4) is 0 Å². The van der Waals surface area contributed by atoms with Crippen LogP contribution >= 0.6 is 7.82 Å².